The number of rotatable bonds is 4. The van der Waals surface area contributed by atoms with E-state index in [1.54, 1.807) is 31.3 Å². The summed E-state index contributed by atoms with van der Waals surface area (Å²) in [5.74, 6) is -1.32. The van der Waals surface area contributed by atoms with Gasteiger partial charge in [0.1, 0.15) is 0 Å². The van der Waals surface area contributed by atoms with Crippen molar-refractivity contribution in [2.24, 2.45) is 0 Å². The van der Waals surface area contributed by atoms with Crippen molar-refractivity contribution in [2.75, 3.05) is 20.8 Å². The molecule has 0 spiro atoms. The number of benzene rings is 3. The molecule has 0 fully saturated rings. The molecular formula is C24H20ClF2NO3. The fourth-order valence-corrected chi connectivity index (χ4v) is 4.19. The Balaban J connectivity index is 1.86. The van der Waals surface area contributed by atoms with E-state index in [9.17, 15) is 13.6 Å². The van der Waals surface area contributed by atoms with Crippen molar-refractivity contribution in [1.29, 1.82) is 0 Å². The van der Waals surface area contributed by atoms with Gasteiger partial charge in [-0.15, -0.1) is 0 Å². The molecule has 0 bridgehead atoms. The van der Waals surface area contributed by atoms with Crippen molar-refractivity contribution in [3.8, 4) is 11.5 Å². The average molecular weight is 444 g/mol. The summed E-state index contributed by atoms with van der Waals surface area (Å²) in [7, 11) is 3.12. The Morgan fingerprint density at radius 1 is 1.00 bits per heavy atom. The summed E-state index contributed by atoms with van der Waals surface area (Å²) in [4.78, 5) is 15.0. The van der Waals surface area contributed by atoms with E-state index in [2.05, 4.69) is 0 Å². The van der Waals surface area contributed by atoms with Crippen LogP contribution in [0.15, 0.2) is 54.6 Å². The van der Waals surface area contributed by atoms with Crippen LogP contribution in [-0.2, 0) is 6.42 Å². The Morgan fingerprint density at radius 2 is 1.74 bits per heavy atom. The number of methoxy groups -OCH3 is 2. The summed E-state index contributed by atoms with van der Waals surface area (Å²) in [6.45, 7) is 0.386. The molecule has 7 heteroatoms. The summed E-state index contributed by atoms with van der Waals surface area (Å²) in [5.41, 5.74) is 2.76. The van der Waals surface area contributed by atoms with E-state index >= 15 is 0 Å². The Labute approximate surface area is 184 Å². The Hall–Kier alpha value is -3.12. The van der Waals surface area contributed by atoms with E-state index in [4.69, 9.17) is 21.1 Å². The molecule has 0 aromatic heterocycles. The largest absolute Gasteiger partial charge is 0.493 e. The van der Waals surface area contributed by atoms with Crippen molar-refractivity contribution in [3.05, 3.63) is 93.5 Å². The normalized spacial score (nSPS) is 15.4. The number of amides is 1. The van der Waals surface area contributed by atoms with E-state index in [-0.39, 0.29) is 5.56 Å². The van der Waals surface area contributed by atoms with E-state index in [0.29, 0.717) is 29.5 Å². The summed E-state index contributed by atoms with van der Waals surface area (Å²) >= 11 is 6.24. The molecule has 1 amide bonds. The Kier molecular flexibility index (Phi) is 5.83. The van der Waals surface area contributed by atoms with E-state index in [1.165, 1.54) is 6.07 Å². The van der Waals surface area contributed by atoms with Gasteiger partial charge in [-0.05, 0) is 65.6 Å². The van der Waals surface area contributed by atoms with E-state index in [0.717, 1.165) is 28.8 Å². The third-order valence-corrected chi connectivity index (χ3v) is 5.70. The van der Waals surface area contributed by atoms with Crippen LogP contribution in [0.3, 0.4) is 0 Å². The van der Waals surface area contributed by atoms with Gasteiger partial charge >= 0.3 is 0 Å². The minimum atomic E-state index is -1.06. The second-order valence-electron chi connectivity index (χ2n) is 7.24. The third kappa shape index (κ3) is 3.95. The molecule has 31 heavy (non-hydrogen) atoms. The highest BCUT2D eigenvalue weighted by Gasteiger charge is 2.34. The maximum atomic E-state index is 13.8. The van der Waals surface area contributed by atoms with Gasteiger partial charge in [0.15, 0.2) is 23.1 Å². The third-order valence-electron chi connectivity index (χ3n) is 5.47. The minimum Gasteiger partial charge on any atom is -0.493 e. The molecule has 0 N–H and O–H groups in total. The van der Waals surface area contributed by atoms with Gasteiger partial charge in [0.25, 0.3) is 5.91 Å². The van der Waals surface area contributed by atoms with Crippen LogP contribution in [0, 0.1) is 11.6 Å². The molecule has 4 rings (SSSR count). The molecule has 0 saturated carbocycles. The first kappa shape index (κ1) is 21.1. The minimum absolute atomic E-state index is 0.0786. The van der Waals surface area contributed by atoms with Gasteiger partial charge in [0.05, 0.1) is 20.3 Å². The summed E-state index contributed by atoms with van der Waals surface area (Å²) < 4.78 is 38.1. The number of hydrogen-bond acceptors (Lipinski definition) is 3. The molecule has 1 heterocycles. The number of carbonyl (C=O) groups is 1. The topological polar surface area (TPSA) is 38.8 Å². The van der Waals surface area contributed by atoms with Gasteiger partial charge < -0.3 is 14.4 Å². The molecule has 4 nitrogen and oxygen atoms in total. The molecule has 160 valence electrons. The number of ether oxygens (including phenoxy) is 2. The van der Waals surface area contributed by atoms with Crippen molar-refractivity contribution in [1.82, 2.24) is 4.90 Å². The van der Waals surface area contributed by atoms with Crippen LogP contribution in [-0.4, -0.2) is 31.6 Å². The van der Waals surface area contributed by atoms with Crippen LogP contribution < -0.4 is 9.47 Å². The molecule has 0 radical (unpaired) electrons. The lowest BCUT2D eigenvalue weighted by molar-refractivity contribution is 0.0693. The maximum Gasteiger partial charge on any atom is 0.254 e. The summed E-state index contributed by atoms with van der Waals surface area (Å²) in [6.07, 6.45) is 0.572. The van der Waals surface area contributed by atoms with E-state index in [1.807, 2.05) is 24.3 Å². The Bertz CT molecular complexity index is 1150. The maximum absolute atomic E-state index is 13.8. The molecule has 3 aromatic carbocycles. The van der Waals surface area contributed by atoms with Gasteiger partial charge in [-0.2, -0.15) is 0 Å². The van der Waals surface area contributed by atoms with Gasteiger partial charge in [-0.25, -0.2) is 8.78 Å². The fourth-order valence-electron chi connectivity index (χ4n) is 4.00. The van der Waals surface area contributed by atoms with Gasteiger partial charge in [0.2, 0.25) is 0 Å². The monoisotopic (exact) mass is 443 g/mol. The van der Waals surface area contributed by atoms with Crippen LogP contribution in [0.5, 0.6) is 11.5 Å². The zero-order chi connectivity index (χ0) is 22.1. The van der Waals surface area contributed by atoms with Crippen molar-refractivity contribution < 1.29 is 23.0 Å². The fraction of sp³-hybridized carbons (Fsp3) is 0.208. The Morgan fingerprint density at radius 3 is 2.42 bits per heavy atom. The van der Waals surface area contributed by atoms with Gasteiger partial charge in [0, 0.05) is 17.1 Å². The van der Waals surface area contributed by atoms with Crippen LogP contribution >= 0.6 is 11.6 Å². The average Bonchev–Trinajstić information content (AvgIpc) is 2.78. The SMILES string of the molecule is COc1cc2c(cc1OC)[C@@H](c1cccc(Cl)c1)N(C(=O)c1ccc(F)c(F)c1)CC2. The molecule has 3 aromatic rings. The quantitative estimate of drug-likeness (QED) is 0.540. The van der Waals surface area contributed by atoms with Crippen molar-refractivity contribution >= 4 is 17.5 Å². The molecule has 0 aliphatic carbocycles. The van der Waals surface area contributed by atoms with Crippen LogP contribution in [0.25, 0.3) is 0 Å². The molecule has 1 aliphatic heterocycles. The lowest BCUT2D eigenvalue weighted by atomic mass is 9.87. The van der Waals surface area contributed by atoms with Crippen LogP contribution in [0.2, 0.25) is 5.02 Å². The molecular weight excluding hydrogens is 424 g/mol. The smallest absolute Gasteiger partial charge is 0.254 e. The highest BCUT2D eigenvalue weighted by Crippen LogP contribution is 2.42. The van der Waals surface area contributed by atoms with Gasteiger partial charge in [-0.3, -0.25) is 4.79 Å². The molecule has 0 saturated heterocycles. The van der Waals surface area contributed by atoms with Crippen molar-refractivity contribution in [3.63, 3.8) is 0 Å². The number of nitrogens with zero attached hydrogens (tertiary/aromatic N) is 1. The standard InChI is InChI=1S/C24H20ClF2NO3/c1-30-21-12-14-8-9-28(24(29)16-6-7-19(26)20(27)11-16)23(18(14)13-22(21)31-2)15-4-3-5-17(25)10-15/h3-7,10-13,23H,8-9H2,1-2H3/t23-/m1/s1. The van der Waals surface area contributed by atoms with Crippen LogP contribution in [0.4, 0.5) is 8.78 Å². The molecule has 0 unspecified atom stereocenters. The van der Waals surface area contributed by atoms with Crippen LogP contribution in [0.1, 0.15) is 33.1 Å². The zero-order valence-corrected chi connectivity index (χ0v) is 17.7. The predicted octanol–water partition coefficient (Wildman–Crippen LogP) is 5.42. The number of hydrogen-bond donors (Lipinski definition) is 0. The summed E-state index contributed by atoms with van der Waals surface area (Å²) in [5, 5.41) is 0.533. The first-order valence-electron chi connectivity index (χ1n) is 9.69. The molecule has 1 atom stereocenters. The second kappa shape index (κ2) is 8.55. The van der Waals surface area contributed by atoms with E-state index < -0.39 is 23.6 Å². The summed E-state index contributed by atoms with van der Waals surface area (Å²) in [6, 6.07) is 13.7. The number of fused-ring (bicyclic) bond motifs is 1. The second-order valence-corrected chi connectivity index (χ2v) is 7.68. The lowest BCUT2D eigenvalue weighted by Crippen LogP contribution is -2.40. The lowest BCUT2D eigenvalue weighted by Gasteiger charge is -2.38. The first-order valence-corrected chi connectivity index (χ1v) is 10.1. The number of halogens is 3. The zero-order valence-electron chi connectivity index (χ0n) is 17.0. The first-order chi connectivity index (χ1) is 14.9. The van der Waals surface area contributed by atoms with Gasteiger partial charge in [-0.1, -0.05) is 23.7 Å². The number of carbonyl (C=O) groups excluding carboxylic acids is 1. The highest BCUT2D eigenvalue weighted by molar-refractivity contribution is 6.30. The van der Waals surface area contributed by atoms with Crippen molar-refractivity contribution in [2.45, 2.75) is 12.5 Å². The predicted molar refractivity (Wildman–Crippen MR) is 114 cm³/mol. The highest BCUT2D eigenvalue weighted by atomic mass is 35.5. The molecule has 1 aliphatic rings.